The molecule has 0 unspecified atom stereocenters. The van der Waals surface area contributed by atoms with Crippen LogP contribution in [0.25, 0.3) is 21.8 Å². The van der Waals surface area contributed by atoms with E-state index < -0.39 is 0 Å². The van der Waals surface area contributed by atoms with E-state index in [0.717, 1.165) is 28.9 Å². The van der Waals surface area contributed by atoms with E-state index in [4.69, 9.17) is 0 Å². The highest BCUT2D eigenvalue weighted by Gasteiger charge is 2.11. The van der Waals surface area contributed by atoms with E-state index in [1.165, 1.54) is 22.0 Å². The minimum Gasteiger partial charge on any atom is -0.341 e. The van der Waals surface area contributed by atoms with E-state index in [9.17, 15) is 4.79 Å². The Labute approximate surface area is 158 Å². The van der Waals surface area contributed by atoms with Crippen molar-refractivity contribution in [1.82, 2.24) is 4.57 Å². The molecule has 1 heterocycles. The van der Waals surface area contributed by atoms with Crippen LogP contribution in [0.1, 0.15) is 18.1 Å². The number of rotatable bonds is 3. The van der Waals surface area contributed by atoms with Crippen LogP contribution in [0.3, 0.4) is 0 Å². The Hall–Kier alpha value is -3.27. The van der Waals surface area contributed by atoms with E-state index in [1.54, 1.807) is 0 Å². The fraction of sp³-hybridized carbons (Fsp3) is 0.174. The molecular formula is C23H23N3O. The van der Waals surface area contributed by atoms with Crippen molar-refractivity contribution in [3.8, 4) is 0 Å². The third kappa shape index (κ3) is 3.14. The predicted octanol–water partition coefficient (Wildman–Crippen LogP) is 6.08. The highest BCUT2D eigenvalue weighted by molar-refractivity contribution is 6.10. The number of para-hydroxylation sites is 1. The molecule has 0 radical (unpaired) electrons. The van der Waals surface area contributed by atoms with Gasteiger partial charge in [-0.2, -0.15) is 0 Å². The van der Waals surface area contributed by atoms with Gasteiger partial charge >= 0.3 is 6.03 Å². The smallest absolute Gasteiger partial charge is 0.323 e. The summed E-state index contributed by atoms with van der Waals surface area (Å²) in [6.07, 6.45) is 0. The number of hydrogen-bond donors (Lipinski definition) is 2. The number of benzene rings is 3. The number of nitrogens with one attached hydrogen (secondary N) is 2. The predicted molar refractivity (Wildman–Crippen MR) is 114 cm³/mol. The van der Waals surface area contributed by atoms with Crippen LogP contribution in [0.5, 0.6) is 0 Å². The SMILES string of the molecule is CCn1c2ccccc2c2cc(NC(=O)Nc3ccc(C)c(C)c3)ccc21. The topological polar surface area (TPSA) is 46.1 Å². The van der Waals surface area contributed by atoms with Crippen LogP contribution < -0.4 is 10.6 Å². The lowest BCUT2D eigenvalue weighted by Gasteiger charge is -2.10. The summed E-state index contributed by atoms with van der Waals surface area (Å²) in [6.45, 7) is 7.15. The molecule has 0 atom stereocenters. The Kier molecular flexibility index (Phi) is 4.32. The van der Waals surface area contributed by atoms with Gasteiger partial charge in [-0.05, 0) is 68.3 Å². The summed E-state index contributed by atoms with van der Waals surface area (Å²) in [4.78, 5) is 12.4. The van der Waals surface area contributed by atoms with Crippen LogP contribution >= 0.6 is 0 Å². The van der Waals surface area contributed by atoms with Gasteiger partial charge in [0, 0.05) is 39.7 Å². The first-order chi connectivity index (χ1) is 13.1. The molecule has 1 aromatic heterocycles. The molecule has 0 saturated carbocycles. The molecule has 0 fully saturated rings. The Bertz CT molecular complexity index is 1160. The first-order valence-electron chi connectivity index (χ1n) is 9.23. The number of anilines is 2. The molecule has 0 bridgehead atoms. The van der Waals surface area contributed by atoms with Gasteiger partial charge in [-0.3, -0.25) is 0 Å². The van der Waals surface area contributed by atoms with Crippen molar-refractivity contribution in [1.29, 1.82) is 0 Å². The normalized spacial score (nSPS) is 11.1. The van der Waals surface area contributed by atoms with Crippen molar-refractivity contribution in [2.75, 3.05) is 10.6 Å². The Balaban J connectivity index is 1.63. The highest BCUT2D eigenvalue weighted by Crippen LogP contribution is 2.31. The molecule has 136 valence electrons. The van der Waals surface area contributed by atoms with Crippen molar-refractivity contribution in [3.05, 3.63) is 71.8 Å². The summed E-state index contributed by atoms with van der Waals surface area (Å²) in [5.41, 5.74) is 6.33. The molecular weight excluding hydrogens is 334 g/mol. The summed E-state index contributed by atoms with van der Waals surface area (Å²) in [5, 5.41) is 8.21. The van der Waals surface area contributed by atoms with Crippen LogP contribution in [0.4, 0.5) is 16.2 Å². The fourth-order valence-corrected chi connectivity index (χ4v) is 3.58. The second kappa shape index (κ2) is 6.80. The zero-order valence-corrected chi connectivity index (χ0v) is 15.8. The van der Waals surface area contributed by atoms with Crippen molar-refractivity contribution < 1.29 is 4.79 Å². The molecule has 0 aliphatic rings. The molecule has 0 spiro atoms. The summed E-state index contributed by atoms with van der Waals surface area (Å²) in [7, 11) is 0. The Morgan fingerprint density at radius 3 is 2.22 bits per heavy atom. The maximum Gasteiger partial charge on any atom is 0.323 e. The molecule has 2 N–H and O–H groups in total. The maximum absolute atomic E-state index is 12.4. The quantitative estimate of drug-likeness (QED) is 0.459. The summed E-state index contributed by atoms with van der Waals surface area (Å²) >= 11 is 0. The molecule has 2 amide bonds. The number of urea groups is 1. The Morgan fingerprint density at radius 1 is 0.815 bits per heavy atom. The second-order valence-corrected chi connectivity index (χ2v) is 6.87. The molecule has 3 aromatic carbocycles. The largest absolute Gasteiger partial charge is 0.341 e. The molecule has 0 aliphatic carbocycles. The van der Waals surface area contributed by atoms with Gasteiger partial charge in [-0.25, -0.2) is 4.79 Å². The Morgan fingerprint density at radius 2 is 1.48 bits per heavy atom. The van der Waals surface area contributed by atoms with Crippen molar-refractivity contribution >= 4 is 39.2 Å². The molecule has 4 nitrogen and oxygen atoms in total. The van der Waals surface area contributed by atoms with Gasteiger partial charge in [-0.1, -0.05) is 24.3 Å². The zero-order valence-electron chi connectivity index (χ0n) is 15.8. The highest BCUT2D eigenvalue weighted by atomic mass is 16.2. The minimum atomic E-state index is -0.239. The van der Waals surface area contributed by atoms with Crippen molar-refractivity contribution in [2.45, 2.75) is 27.3 Å². The third-order valence-corrected chi connectivity index (χ3v) is 5.11. The van der Waals surface area contributed by atoms with Crippen LogP contribution in [0.15, 0.2) is 60.7 Å². The lowest BCUT2D eigenvalue weighted by molar-refractivity contribution is 0.262. The molecule has 0 aliphatic heterocycles. The number of hydrogen-bond acceptors (Lipinski definition) is 1. The zero-order chi connectivity index (χ0) is 19.0. The first kappa shape index (κ1) is 17.2. The van der Waals surface area contributed by atoms with Crippen LogP contribution in [-0.4, -0.2) is 10.6 Å². The number of carbonyl (C=O) groups is 1. The number of nitrogens with zero attached hydrogens (tertiary/aromatic N) is 1. The first-order valence-corrected chi connectivity index (χ1v) is 9.23. The number of fused-ring (bicyclic) bond motifs is 3. The van der Waals surface area contributed by atoms with Gasteiger partial charge in [-0.15, -0.1) is 0 Å². The third-order valence-electron chi connectivity index (χ3n) is 5.11. The standard InChI is InChI=1S/C23H23N3O/c1-4-26-21-8-6-5-7-19(21)20-14-18(11-12-22(20)26)25-23(27)24-17-10-9-15(2)16(3)13-17/h5-14H,4H2,1-3H3,(H2,24,25,27). The maximum atomic E-state index is 12.4. The number of aryl methyl sites for hydroxylation is 3. The van der Waals surface area contributed by atoms with Crippen molar-refractivity contribution in [2.24, 2.45) is 0 Å². The van der Waals surface area contributed by atoms with Gasteiger partial charge in [0.05, 0.1) is 0 Å². The average Bonchev–Trinajstić information content (AvgIpc) is 2.98. The summed E-state index contributed by atoms with van der Waals surface area (Å²) in [5.74, 6) is 0. The minimum absolute atomic E-state index is 0.239. The number of carbonyl (C=O) groups excluding carboxylic acids is 1. The lowest BCUT2D eigenvalue weighted by atomic mass is 10.1. The van der Waals surface area contributed by atoms with E-state index in [2.05, 4.69) is 53.3 Å². The monoisotopic (exact) mass is 357 g/mol. The molecule has 27 heavy (non-hydrogen) atoms. The van der Waals surface area contributed by atoms with E-state index >= 15 is 0 Å². The summed E-state index contributed by atoms with van der Waals surface area (Å²) in [6, 6.07) is 20.1. The van der Waals surface area contributed by atoms with Crippen molar-refractivity contribution in [3.63, 3.8) is 0 Å². The van der Waals surface area contributed by atoms with Gasteiger partial charge in [0.2, 0.25) is 0 Å². The van der Waals surface area contributed by atoms with Crippen LogP contribution in [0.2, 0.25) is 0 Å². The van der Waals surface area contributed by atoms with Gasteiger partial charge in [0.15, 0.2) is 0 Å². The van der Waals surface area contributed by atoms with E-state index in [-0.39, 0.29) is 6.03 Å². The average molecular weight is 357 g/mol. The van der Waals surface area contributed by atoms with Gasteiger partial charge in [0.1, 0.15) is 0 Å². The van der Waals surface area contributed by atoms with Gasteiger partial charge in [0.25, 0.3) is 0 Å². The number of aromatic nitrogens is 1. The van der Waals surface area contributed by atoms with E-state index in [1.807, 2.05) is 43.3 Å². The van der Waals surface area contributed by atoms with Crippen LogP contribution in [0, 0.1) is 13.8 Å². The number of amides is 2. The van der Waals surface area contributed by atoms with E-state index in [0.29, 0.717) is 0 Å². The van der Waals surface area contributed by atoms with Crippen LogP contribution in [-0.2, 0) is 6.54 Å². The lowest BCUT2D eigenvalue weighted by Crippen LogP contribution is -2.19. The molecule has 0 saturated heterocycles. The molecule has 4 heteroatoms. The molecule has 4 rings (SSSR count). The summed E-state index contributed by atoms with van der Waals surface area (Å²) < 4.78 is 2.30. The van der Waals surface area contributed by atoms with Gasteiger partial charge < -0.3 is 15.2 Å². The second-order valence-electron chi connectivity index (χ2n) is 6.87. The fourth-order valence-electron chi connectivity index (χ4n) is 3.58. The molecule has 4 aromatic rings.